The highest BCUT2D eigenvalue weighted by atomic mass is 16.5. The van der Waals surface area contributed by atoms with E-state index in [9.17, 15) is 4.79 Å². The van der Waals surface area contributed by atoms with Gasteiger partial charge >= 0.3 is 0 Å². The van der Waals surface area contributed by atoms with Crippen molar-refractivity contribution in [2.45, 2.75) is 6.42 Å². The quantitative estimate of drug-likeness (QED) is 0.594. The van der Waals surface area contributed by atoms with Crippen LogP contribution in [0.3, 0.4) is 0 Å². The number of rotatable bonds is 6. The highest BCUT2D eigenvalue weighted by Gasteiger charge is 2.03. The molecule has 1 aliphatic rings. The smallest absolute Gasteiger partial charge is 0.293 e. The molecule has 1 aliphatic carbocycles. The molecule has 0 unspecified atom stereocenters. The molecule has 21 heavy (non-hydrogen) atoms. The van der Waals surface area contributed by atoms with Crippen molar-refractivity contribution in [3.05, 3.63) is 65.5 Å². The molecule has 0 saturated heterocycles. The van der Waals surface area contributed by atoms with Gasteiger partial charge in [0.15, 0.2) is 0 Å². The van der Waals surface area contributed by atoms with E-state index < -0.39 is 0 Å². The first-order valence-corrected chi connectivity index (χ1v) is 6.59. The van der Waals surface area contributed by atoms with Crippen LogP contribution in [-0.4, -0.2) is 19.7 Å². The third-order valence-corrected chi connectivity index (χ3v) is 2.97. The van der Waals surface area contributed by atoms with Crippen molar-refractivity contribution in [2.75, 3.05) is 13.2 Å². The number of allylic oxidation sites excluding steroid dienone is 5. The van der Waals surface area contributed by atoms with Crippen LogP contribution in [0, 0.1) is 11.3 Å². The molecule has 4 heteroatoms. The molecular weight excluding hydrogens is 266 g/mol. The van der Waals surface area contributed by atoms with Crippen molar-refractivity contribution in [3.63, 3.8) is 0 Å². The molecule has 0 fully saturated rings. The Labute approximate surface area is 123 Å². The fraction of sp³-hybridized carbons (Fsp3) is 0.176. The lowest BCUT2D eigenvalue weighted by Crippen LogP contribution is -2.02. The van der Waals surface area contributed by atoms with Gasteiger partial charge in [0.2, 0.25) is 0 Å². The molecule has 0 bridgehead atoms. The van der Waals surface area contributed by atoms with Gasteiger partial charge in [-0.25, -0.2) is 0 Å². The van der Waals surface area contributed by atoms with Crippen molar-refractivity contribution in [3.8, 4) is 6.07 Å². The van der Waals surface area contributed by atoms with Crippen LogP contribution in [0.4, 0.5) is 0 Å². The fourth-order valence-corrected chi connectivity index (χ4v) is 1.91. The molecule has 106 valence electrons. The lowest BCUT2D eigenvalue weighted by molar-refractivity contribution is -0.129. The molecule has 0 radical (unpaired) electrons. The van der Waals surface area contributed by atoms with Crippen LogP contribution in [0.25, 0.3) is 5.57 Å². The minimum absolute atomic E-state index is 0.247. The molecule has 2 rings (SSSR count). The minimum Gasteiger partial charge on any atom is -0.494 e. The second-order valence-electron chi connectivity index (χ2n) is 4.37. The van der Waals surface area contributed by atoms with Crippen molar-refractivity contribution >= 4 is 12.0 Å². The van der Waals surface area contributed by atoms with Crippen molar-refractivity contribution in [1.29, 1.82) is 5.26 Å². The van der Waals surface area contributed by atoms with Crippen LogP contribution in [0.5, 0.6) is 0 Å². The van der Waals surface area contributed by atoms with Gasteiger partial charge in [0.05, 0.1) is 17.4 Å². The maximum absolute atomic E-state index is 10.0. The molecule has 0 saturated carbocycles. The summed E-state index contributed by atoms with van der Waals surface area (Å²) in [6.07, 6.45) is 8.62. The van der Waals surface area contributed by atoms with E-state index >= 15 is 0 Å². The first kappa shape index (κ1) is 14.6. The first-order chi connectivity index (χ1) is 10.3. The number of benzene rings is 1. The van der Waals surface area contributed by atoms with Crippen LogP contribution in [-0.2, 0) is 14.3 Å². The third kappa shape index (κ3) is 4.36. The Bertz CT molecular complexity index is 618. The molecule has 0 aliphatic heterocycles. The standard InChI is InChI=1S/C17H15NO3/c18-12-14-4-6-16(7-5-14)15-2-1-3-17(9-8-15)21-11-10-20-13-19/h1-2,4-9,13H,3,10-11H2. The SMILES string of the molecule is N#Cc1ccc(C2=CC=C(OCCOC=O)CC=C2)cc1. The normalized spacial score (nSPS) is 13.5. The van der Waals surface area contributed by atoms with Gasteiger partial charge in [0.1, 0.15) is 13.2 Å². The monoisotopic (exact) mass is 281 g/mol. The molecule has 4 nitrogen and oxygen atoms in total. The zero-order valence-electron chi connectivity index (χ0n) is 11.5. The van der Waals surface area contributed by atoms with Crippen molar-refractivity contribution in [2.24, 2.45) is 0 Å². The Morgan fingerprint density at radius 1 is 1.19 bits per heavy atom. The first-order valence-electron chi connectivity index (χ1n) is 6.59. The zero-order valence-corrected chi connectivity index (χ0v) is 11.5. The number of nitriles is 1. The second kappa shape index (κ2) is 7.71. The van der Waals surface area contributed by atoms with Gasteiger partial charge in [-0.3, -0.25) is 4.79 Å². The summed E-state index contributed by atoms with van der Waals surface area (Å²) in [4.78, 5) is 10.0. The summed E-state index contributed by atoms with van der Waals surface area (Å²) in [5, 5.41) is 8.80. The summed E-state index contributed by atoms with van der Waals surface area (Å²) in [6.45, 7) is 1.00. The van der Waals surface area contributed by atoms with E-state index in [1.54, 1.807) is 12.1 Å². The summed E-state index contributed by atoms with van der Waals surface area (Å²) in [5.41, 5.74) is 2.75. The topological polar surface area (TPSA) is 59.3 Å². The second-order valence-corrected chi connectivity index (χ2v) is 4.37. The van der Waals surface area contributed by atoms with Crippen LogP contribution in [0.2, 0.25) is 0 Å². The summed E-state index contributed by atoms with van der Waals surface area (Å²) in [6, 6.07) is 9.55. The molecule has 0 amide bonds. The van der Waals surface area contributed by atoms with E-state index in [0.717, 1.165) is 16.9 Å². The molecule has 0 aromatic heterocycles. The summed E-state index contributed by atoms with van der Waals surface area (Å²) in [5.74, 6) is 0.824. The lowest BCUT2D eigenvalue weighted by Gasteiger charge is -2.06. The number of hydrogen-bond acceptors (Lipinski definition) is 4. The Morgan fingerprint density at radius 3 is 2.71 bits per heavy atom. The zero-order chi connectivity index (χ0) is 14.9. The van der Waals surface area contributed by atoms with Gasteiger partial charge in [-0.05, 0) is 29.3 Å². The number of ether oxygens (including phenoxy) is 2. The van der Waals surface area contributed by atoms with Gasteiger partial charge < -0.3 is 9.47 Å². The fourth-order valence-electron chi connectivity index (χ4n) is 1.91. The molecule has 0 spiro atoms. The average molecular weight is 281 g/mol. The van der Waals surface area contributed by atoms with Gasteiger partial charge in [0, 0.05) is 6.42 Å². The lowest BCUT2D eigenvalue weighted by atomic mass is 10.0. The van der Waals surface area contributed by atoms with Crippen LogP contribution in [0.1, 0.15) is 17.5 Å². The van der Waals surface area contributed by atoms with Crippen molar-refractivity contribution in [1.82, 2.24) is 0 Å². The molecule has 1 aromatic carbocycles. The summed E-state index contributed by atoms with van der Waals surface area (Å²) >= 11 is 0. The maximum Gasteiger partial charge on any atom is 0.293 e. The van der Waals surface area contributed by atoms with Crippen LogP contribution >= 0.6 is 0 Å². The van der Waals surface area contributed by atoms with Crippen LogP contribution < -0.4 is 0 Å². The van der Waals surface area contributed by atoms with E-state index in [2.05, 4.69) is 10.8 Å². The molecule has 1 aromatic rings. The average Bonchev–Trinajstić information content (AvgIpc) is 2.77. The number of hydrogen-bond donors (Lipinski definition) is 0. The Morgan fingerprint density at radius 2 is 2.00 bits per heavy atom. The van der Waals surface area contributed by atoms with Gasteiger partial charge in [-0.1, -0.05) is 30.4 Å². The van der Waals surface area contributed by atoms with Gasteiger partial charge in [0.25, 0.3) is 6.47 Å². The van der Waals surface area contributed by atoms with Gasteiger partial charge in [-0.15, -0.1) is 0 Å². The number of carbonyl (C=O) groups excluding carboxylic acids is 1. The Kier molecular flexibility index (Phi) is 5.36. The van der Waals surface area contributed by atoms with Crippen molar-refractivity contribution < 1.29 is 14.3 Å². The third-order valence-electron chi connectivity index (χ3n) is 2.97. The Hall–Kier alpha value is -2.80. The number of nitrogens with zero attached hydrogens (tertiary/aromatic N) is 1. The highest BCUT2D eigenvalue weighted by Crippen LogP contribution is 2.21. The molecule has 0 heterocycles. The summed E-state index contributed by atoms with van der Waals surface area (Å²) < 4.78 is 10.1. The van der Waals surface area contributed by atoms with E-state index in [4.69, 9.17) is 10.00 Å². The van der Waals surface area contributed by atoms with Crippen LogP contribution in [0.15, 0.2) is 54.3 Å². The van der Waals surface area contributed by atoms with E-state index in [0.29, 0.717) is 25.1 Å². The molecule has 0 atom stereocenters. The highest BCUT2D eigenvalue weighted by molar-refractivity contribution is 5.76. The largest absolute Gasteiger partial charge is 0.494 e. The summed E-state index contributed by atoms with van der Waals surface area (Å²) in [7, 11) is 0. The molecule has 0 N–H and O–H groups in total. The maximum atomic E-state index is 10.0. The van der Waals surface area contributed by atoms with E-state index in [1.165, 1.54) is 0 Å². The predicted octanol–water partition coefficient (Wildman–Crippen LogP) is 2.98. The van der Waals surface area contributed by atoms with E-state index in [-0.39, 0.29) is 6.61 Å². The Balaban J connectivity index is 2.03. The molecular formula is C17H15NO3. The minimum atomic E-state index is 0.247. The number of carbonyl (C=O) groups is 1. The van der Waals surface area contributed by atoms with Gasteiger partial charge in [-0.2, -0.15) is 5.26 Å². The predicted molar refractivity (Wildman–Crippen MR) is 78.9 cm³/mol. The van der Waals surface area contributed by atoms with E-state index in [1.807, 2.05) is 36.4 Å².